The van der Waals surface area contributed by atoms with Gasteiger partial charge in [-0.1, -0.05) is 54.6 Å². The van der Waals surface area contributed by atoms with Gasteiger partial charge in [0.25, 0.3) is 0 Å². The molecule has 2 aromatic carbocycles. The van der Waals surface area contributed by atoms with Crippen LogP contribution in [0.15, 0.2) is 54.6 Å². The van der Waals surface area contributed by atoms with Crippen molar-refractivity contribution in [2.75, 3.05) is 13.1 Å². The smallest absolute Gasteiger partial charge is 0.0233 e. The van der Waals surface area contributed by atoms with Crippen molar-refractivity contribution in [3.05, 3.63) is 71.3 Å². The van der Waals surface area contributed by atoms with Gasteiger partial charge >= 0.3 is 0 Å². The summed E-state index contributed by atoms with van der Waals surface area (Å²) in [6, 6.07) is 19.6. The highest BCUT2D eigenvalue weighted by Crippen LogP contribution is 2.29. The fourth-order valence-corrected chi connectivity index (χ4v) is 3.12. The van der Waals surface area contributed by atoms with Crippen molar-refractivity contribution in [3.8, 4) is 0 Å². The van der Waals surface area contributed by atoms with Crippen LogP contribution in [0.4, 0.5) is 0 Å². The Balaban J connectivity index is 1.66. The predicted molar refractivity (Wildman–Crippen MR) is 80.3 cm³/mol. The molecule has 1 aliphatic heterocycles. The van der Waals surface area contributed by atoms with Crippen LogP contribution in [0.5, 0.6) is 0 Å². The Morgan fingerprint density at radius 3 is 2.53 bits per heavy atom. The van der Waals surface area contributed by atoms with E-state index in [4.69, 9.17) is 0 Å². The Labute approximate surface area is 115 Å². The van der Waals surface area contributed by atoms with Gasteiger partial charge in [-0.2, -0.15) is 0 Å². The van der Waals surface area contributed by atoms with Crippen LogP contribution in [0.3, 0.4) is 0 Å². The summed E-state index contributed by atoms with van der Waals surface area (Å²) < 4.78 is 0. The normalized spacial score (nSPS) is 19.7. The van der Waals surface area contributed by atoms with E-state index in [1.54, 1.807) is 0 Å². The summed E-state index contributed by atoms with van der Waals surface area (Å²) in [5.74, 6) is 0.713. The van der Waals surface area contributed by atoms with Gasteiger partial charge in [0.15, 0.2) is 0 Å². The molecule has 3 rings (SSSR count). The van der Waals surface area contributed by atoms with Crippen molar-refractivity contribution >= 4 is 0 Å². The molecule has 1 fully saturated rings. The number of hydrogen-bond donors (Lipinski definition) is 0. The van der Waals surface area contributed by atoms with Crippen LogP contribution in [0.1, 0.15) is 29.0 Å². The number of nitrogens with zero attached hydrogens (tertiary/aromatic N) is 1. The Morgan fingerprint density at radius 1 is 1.00 bits per heavy atom. The van der Waals surface area contributed by atoms with E-state index in [0.29, 0.717) is 5.92 Å². The third-order valence-electron chi connectivity index (χ3n) is 4.15. The molecule has 0 amide bonds. The SMILES string of the molecule is Cc1ccccc1C1CCN(Cc2ccccc2)C1. The first-order valence-corrected chi connectivity index (χ1v) is 7.15. The zero-order valence-corrected chi connectivity index (χ0v) is 11.5. The standard InChI is InChI=1S/C18H21N/c1-15-7-5-6-10-18(15)17-11-12-19(14-17)13-16-8-3-2-4-9-16/h2-10,17H,11-14H2,1H3. The van der Waals surface area contributed by atoms with Gasteiger partial charge in [-0.3, -0.25) is 4.90 Å². The molecule has 0 aliphatic carbocycles. The van der Waals surface area contributed by atoms with Crippen molar-refractivity contribution in [3.63, 3.8) is 0 Å². The average Bonchev–Trinajstić information content (AvgIpc) is 2.89. The molecule has 0 bridgehead atoms. The van der Waals surface area contributed by atoms with Crippen molar-refractivity contribution < 1.29 is 0 Å². The molecule has 0 aromatic heterocycles. The van der Waals surface area contributed by atoms with E-state index in [2.05, 4.69) is 66.4 Å². The van der Waals surface area contributed by atoms with Crippen molar-refractivity contribution in [2.24, 2.45) is 0 Å². The minimum absolute atomic E-state index is 0.713. The Bertz CT molecular complexity index is 532. The molecular weight excluding hydrogens is 230 g/mol. The maximum Gasteiger partial charge on any atom is 0.0233 e. The lowest BCUT2D eigenvalue weighted by molar-refractivity contribution is 0.327. The van der Waals surface area contributed by atoms with E-state index < -0.39 is 0 Å². The van der Waals surface area contributed by atoms with E-state index in [0.717, 1.165) is 6.54 Å². The van der Waals surface area contributed by atoms with Gasteiger partial charge < -0.3 is 0 Å². The minimum atomic E-state index is 0.713. The molecule has 1 atom stereocenters. The second-order valence-electron chi connectivity index (χ2n) is 5.56. The third kappa shape index (κ3) is 2.87. The second kappa shape index (κ2) is 5.58. The Morgan fingerprint density at radius 2 is 1.74 bits per heavy atom. The molecule has 0 N–H and O–H groups in total. The Kier molecular flexibility index (Phi) is 3.65. The fourth-order valence-electron chi connectivity index (χ4n) is 3.12. The van der Waals surface area contributed by atoms with Gasteiger partial charge in [0.1, 0.15) is 0 Å². The maximum atomic E-state index is 2.58. The van der Waals surface area contributed by atoms with Crippen molar-refractivity contribution in [1.82, 2.24) is 4.90 Å². The predicted octanol–water partition coefficient (Wildman–Crippen LogP) is 3.98. The lowest BCUT2D eigenvalue weighted by atomic mass is 9.94. The highest BCUT2D eigenvalue weighted by molar-refractivity contribution is 5.30. The van der Waals surface area contributed by atoms with E-state index in [-0.39, 0.29) is 0 Å². The number of aryl methyl sites for hydroxylation is 1. The Hall–Kier alpha value is -1.60. The van der Waals surface area contributed by atoms with Crippen molar-refractivity contribution in [2.45, 2.75) is 25.8 Å². The number of benzene rings is 2. The lowest BCUT2D eigenvalue weighted by Crippen LogP contribution is -2.19. The first kappa shape index (κ1) is 12.4. The van der Waals surface area contributed by atoms with E-state index >= 15 is 0 Å². The molecule has 1 saturated heterocycles. The third-order valence-corrected chi connectivity index (χ3v) is 4.15. The molecular formula is C18H21N. The van der Waals surface area contributed by atoms with E-state index in [9.17, 15) is 0 Å². The molecule has 1 heteroatoms. The largest absolute Gasteiger partial charge is 0.298 e. The molecule has 1 nitrogen and oxygen atoms in total. The summed E-state index contributed by atoms with van der Waals surface area (Å²) in [6.07, 6.45) is 1.29. The first-order chi connectivity index (χ1) is 9.33. The molecule has 0 saturated carbocycles. The molecule has 1 heterocycles. The number of likely N-dealkylation sites (tertiary alicyclic amines) is 1. The van der Waals surface area contributed by atoms with Crippen LogP contribution in [0.2, 0.25) is 0 Å². The van der Waals surface area contributed by atoms with Gasteiger partial charge in [0.05, 0.1) is 0 Å². The zero-order valence-electron chi connectivity index (χ0n) is 11.5. The number of rotatable bonds is 3. The fraction of sp³-hybridized carbons (Fsp3) is 0.333. The minimum Gasteiger partial charge on any atom is -0.298 e. The van der Waals surface area contributed by atoms with Crippen LogP contribution in [-0.2, 0) is 6.54 Å². The summed E-state index contributed by atoms with van der Waals surface area (Å²) >= 11 is 0. The summed E-state index contributed by atoms with van der Waals surface area (Å²) in [6.45, 7) is 5.73. The molecule has 98 valence electrons. The van der Waals surface area contributed by atoms with Crippen LogP contribution >= 0.6 is 0 Å². The van der Waals surface area contributed by atoms with Crippen LogP contribution in [-0.4, -0.2) is 18.0 Å². The number of hydrogen-bond acceptors (Lipinski definition) is 1. The highest BCUT2D eigenvalue weighted by atomic mass is 15.1. The zero-order chi connectivity index (χ0) is 13.1. The van der Waals surface area contributed by atoms with Gasteiger partial charge in [0.2, 0.25) is 0 Å². The van der Waals surface area contributed by atoms with Gasteiger partial charge in [0, 0.05) is 13.1 Å². The second-order valence-corrected chi connectivity index (χ2v) is 5.56. The lowest BCUT2D eigenvalue weighted by Gasteiger charge is -2.17. The molecule has 0 radical (unpaired) electrons. The van der Waals surface area contributed by atoms with Crippen molar-refractivity contribution in [1.29, 1.82) is 0 Å². The average molecular weight is 251 g/mol. The monoisotopic (exact) mass is 251 g/mol. The van der Waals surface area contributed by atoms with Gasteiger partial charge in [-0.25, -0.2) is 0 Å². The molecule has 0 spiro atoms. The van der Waals surface area contributed by atoms with Gasteiger partial charge in [-0.05, 0) is 42.5 Å². The molecule has 1 aliphatic rings. The van der Waals surface area contributed by atoms with E-state index in [1.165, 1.54) is 36.2 Å². The molecule has 1 unspecified atom stereocenters. The maximum absolute atomic E-state index is 2.58. The topological polar surface area (TPSA) is 3.24 Å². The quantitative estimate of drug-likeness (QED) is 0.797. The summed E-state index contributed by atoms with van der Waals surface area (Å²) in [5, 5.41) is 0. The van der Waals surface area contributed by atoms with Crippen LogP contribution < -0.4 is 0 Å². The summed E-state index contributed by atoms with van der Waals surface area (Å²) in [4.78, 5) is 2.58. The van der Waals surface area contributed by atoms with E-state index in [1.807, 2.05) is 0 Å². The first-order valence-electron chi connectivity index (χ1n) is 7.15. The highest BCUT2D eigenvalue weighted by Gasteiger charge is 2.24. The molecule has 19 heavy (non-hydrogen) atoms. The summed E-state index contributed by atoms with van der Waals surface area (Å²) in [7, 11) is 0. The summed E-state index contributed by atoms with van der Waals surface area (Å²) in [5.41, 5.74) is 4.40. The van der Waals surface area contributed by atoms with Gasteiger partial charge in [-0.15, -0.1) is 0 Å². The van der Waals surface area contributed by atoms with Crippen LogP contribution in [0.25, 0.3) is 0 Å². The van der Waals surface area contributed by atoms with Crippen LogP contribution in [0, 0.1) is 6.92 Å². The molecule has 2 aromatic rings.